The molecule has 2 aliphatic heterocycles. The van der Waals surface area contributed by atoms with Gasteiger partial charge >= 0.3 is 5.97 Å². The third-order valence-electron chi connectivity index (χ3n) is 1.82. The van der Waals surface area contributed by atoms with Crippen molar-refractivity contribution in [3.63, 3.8) is 0 Å². The topological polar surface area (TPSA) is 38.8 Å². The molecule has 0 bridgehead atoms. The van der Waals surface area contributed by atoms with Gasteiger partial charge in [0.25, 0.3) is 0 Å². The molecule has 2 rings (SSSR count). The lowest BCUT2D eigenvalue weighted by molar-refractivity contribution is -0.154. The summed E-state index contributed by atoms with van der Waals surface area (Å²) in [6, 6.07) is 0. The Labute approximate surface area is 52.9 Å². The van der Waals surface area contributed by atoms with Gasteiger partial charge in [0.05, 0.1) is 13.2 Å². The normalized spacial score (nSPS) is 40.7. The van der Waals surface area contributed by atoms with Gasteiger partial charge in [0.1, 0.15) is 0 Å². The quantitative estimate of drug-likeness (QED) is 0.343. The van der Waals surface area contributed by atoms with Gasteiger partial charge in [-0.1, -0.05) is 0 Å². The molecule has 0 saturated carbocycles. The molecule has 1 atom stereocenters. The van der Waals surface area contributed by atoms with Crippen molar-refractivity contribution < 1.29 is 14.3 Å². The average Bonchev–Trinajstić information content (AvgIpc) is 2.60. The molecular formula is C6H8O3. The Kier molecular flexibility index (Phi) is 0.858. The minimum atomic E-state index is -0.474. The fraction of sp³-hybridized carbons (Fsp3) is 0.833. The zero-order valence-corrected chi connectivity index (χ0v) is 5.05. The molecule has 0 aromatic carbocycles. The number of esters is 1. The Bertz CT molecular complexity index is 148. The van der Waals surface area contributed by atoms with Gasteiger partial charge in [0.2, 0.25) is 0 Å². The van der Waals surface area contributed by atoms with Gasteiger partial charge in [-0.15, -0.1) is 0 Å². The summed E-state index contributed by atoms with van der Waals surface area (Å²) >= 11 is 0. The summed E-state index contributed by atoms with van der Waals surface area (Å²) in [5, 5.41) is 0. The number of cyclic esters (lactones) is 1. The SMILES string of the molecule is O=C1OCCCC12CO2. The zero-order valence-electron chi connectivity index (χ0n) is 5.05. The van der Waals surface area contributed by atoms with E-state index >= 15 is 0 Å². The van der Waals surface area contributed by atoms with Crippen molar-refractivity contribution in [3.8, 4) is 0 Å². The second-order valence-electron chi connectivity index (χ2n) is 2.52. The third kappa shape index (κ3) is 0.645. The molecule has 0 radical (unpaired) electrons. The third-order valence-corrected chi connectivity index (χ3v) is 1.82. The Morgan fingerprint density at radius 2 is 2.33 bits per heavy atom. The number of carbonyl (C=O) groups is 1. The standard InChI is InChI=1S/C6H8O3/c7-5-6(4-9-6)2-1-3-8-5/h1-4H2. The molecular weight excluding hydrogens is 120 g/mol. The van der Waals surface area contributed by atoms with Crippen molar-refractivity contribution in [1.29, 1.82) is 0 Å². The lowest BCUT2D eigenvalue weighted by Gasteiger charge is -2.16. The molecule has 1 spiro atoms. The summed E-state index contributed by atoms with van der Waals surface area (Å²) in [5.41, 5.74) is -0.474. The molecule has 2 saturated heterocycles. The van der Waals surface area contributed by atoms with E-state index in [0.717, 1.165) is 12.8 Å². The van der Waals surface area contributed by atoms with E-state index in [1.165, 1.54) is 0 Å². The van der Waals surface area contributed by atoms with Crippen molar-refractivity contribution in [1.82, 2.24) is 0 Å². The largest absolute Gasteiger partial charge is 0.463 e. The van der Waals surface area contributed by atoms with Crippen LogP contribution in [0.1, 0.15) is 12.8 Å². The van der Waals surface area contributed by atoms with Crippen LogP contribution in [0.15, 0.2) is 0 Å². The van der Waals surface area contributed by atoms with Crippen molar-refractivity contribution in [2.45, 2.75) is 18.4 Å². The van der Waals surface area contributed by atoms with Gasteiger partial charge in [0.15, 0.2) is 5.60 Å². The Morgan fingerprint density at radius 1 is 1.56 bits per heavy atom. The molecule has 0 aromatic heterocycles. The van der Waals surface area contributed by atoms with Crippen molar-refractivity contribution in [3.05, 3.63) is 0 Å². The molecule has 3 nitrogen and oxygen atoms in total. The van der Waals surface area contributed by atoms with Crippen LogP contribution in [0.3, 0.4) is 0 Å². The number of hydrogen-bond acceptors (Lipinski definition) is 3. The van der Waals surface area contributed by atoms with Crippen LogP contribution in [0.25, 0.3) is 0 Å². The van der Waals surface area contributed by atoms with E-state index in [1.807, 2.05) is 0 Å². The summed E-state index contributed by atoms with van der Waals surface area (Å²) in [4.78, 5) is 10.8. The van der Waals surface area contributed by atoms with Crippen molar-refractivity contribution in [2.24, 2.45) is 0 Å². The van der Waals surface area contributed by atoms with Crippen LogP contribution in [0.5, 0.6) is 0 Å². The van der Waals surface area contributed by atoms with Crippen LogP contribution in [0, 0.1) is 0 Å². The number of carbonyl (C=O) groups excluding carboxylic acids is 1. The maximum Gasteiger partial charge on any atom is 0.340 e. The van der Waals surface area contributed by atoms with E-state index in [0.29, 0.717) is 13.2 Å². The summed E-state index contributed by atoms with van der Waals surface area (Å²) in [6.45, 7) is 1.15. The first kappa shape index (κ1) is 5.23. The van der Waals surface area contributed by atoms with E-state index in [2.05, 4.69) is 0 Å². The molecule has 0 aromatic rings. The first-order valence-electron chi connectivity index (χ1n) is 3.15. The maximum absolute atomic E-state index is 10.8. The molecule has 2 aliphatic rings. The van der Waals surface area contributed by atoms with Crippen LogP contribution in [0.2, 0.25) is 0 Å². The Morgan fingerprint density at radius 3 is 2.78 bits per heavy atom. The Hall–Kier alpha value is -0.570. The number of ether oxygens (including phenoxy) is 2. The van der Waals surface area contributed by atoms with Gasteiger partial charge in [-0.25, -0.2) is 4.79 Å². The van der Waals surface area contributed by atoms with Gasteiger partial charge in [-0.05, 0) is 12.8 Å². The molecule has 0 aliphatic carbocycles. The lowest BCUT2D eigenvalue weighted by Crippen LogP contribution is -2.32. The van der Waals surface area contributed by atoms with E-state index in [-0.39, 0.29) is 5.97 Å². The molecule has 9 heavy (non-hydrogen) atoms. The minimum Gasteiger partial charge on any atom is -0.463 e. The Balaban J connectivity index is 2.12. The summed E-state index contributed by atoms with van der Waals surface area (Å²) in [7, 11) is 0. The highest BCUT2D eigenvalue weighted by Gasteiger charge is 2.54. The van der Waals surface area contributed by atoms with Crippen molar-refractivity contribution in [2.75, 3.05) is 13.2 Å². The predicted molar refractivity (Wildman–Crippen MR) is 28.9 cm³/mol. The van der Waals surface area contributed by atoms with Crippen LogP contribution in [-0.4, -0.2) is 24.8 Å². The molecule has 50 valence electrons. The second kappa shape index (κ2) is 1.48. The van der Waals surface area contributed by atoms with Crippen LogP contribution >= 0.6 is 0 Å². The maximum atomic E-state index is 10.8. The lowest BCUT2D eigenvalue weighted by atomic mass is 10.0. The van der Waals surface area contributed by atoms with Crippen LogP contribution < -0.4 is 0 Å². The molecule has 2 fully saturated rings. The fourth-order valence-electron chi connectivity index (χ4n) is 1.11. The highest BCUT2D eigenvalue weighted by Crippen LogP contribution is 2.36. The van der Waals surface area contributed by atoms with E-state index < -0.39 is 5.60 Å². The molecule has 1 unspecified atom stereocenters. The molecule has 3 heteroatoms. The van der Waals surface area contributed by atoms with E-state index in [4.69, 9.17) is 9.47 Å². The van der Waals surface area contributed by atoms with Gasteiger partial charge in [-0.3, -0.25) is 0 Å². The smallest absolute Gasteiger partial charge is 0.340 e. The summed E-state index contributed by atoms with van der Waals surface area (Å²) in [6.07, 6.45) is 1.80. The first-order chi connectivity index (χ1) is 4.33. The fourth-order valence-corrected chi connectivity index (χ4v) is 1.11. The molecule has 0 amide bonds. The van der Waals surface area contributed by atoms with E-state index in [9.17, 15) is 4.79 Å². The number of epoxide rings is 1. The highest BCUT2D eigenvalue weighted by atomic mass is 16.6. The predicted octanol–water partition coefficient (Wildman–Crippen LogP) is 0.0924. The monoisotopic (exact) mass is 128 g/mol. The minimum absolute atomic E-state index is 0.159. The molecule has 2 heterocycles. The number of hydrogen-bond donors (Lipinski definition) is 0. The first-order valence-corrected chi connectivity index (χ1v) is 3.15. The average molecular weight is 128 g/mol. The molecule has 0 N–H and O–H groups in total. The van der Waals surface area contributed by atoms with Gasteiger partial charge in [-0.2, -0.15) is 0 Å². The second-order valence-corrected chi connectivity index (χ2v) is 2.52. The number of rotatable bonds is 0. The van der Waals surface area contributed by atoms with Crippen LogP contribution in [0.4, 0.5) is 0 Å². The zero-order chi connectivity index (χ0) is 6.32. The van der Waals surface area contributed by atoms with E-state index in [1.54, 1.807) is 0 Å². The van der Waals surface area contributed by atoms with Gasteiger partial charge < -0.3 is 9.47 Å². The van der Waals surface area contributed by atoms with Gasteiger partial charge in [0, 0.05) is 0 Å². The summed E-state index contributed by atoms with van der Waals surface area (Å²) < 4.78 is 9.77. The summed E-state index contributed by atoms with van der Waals surface area (Å²) in [5.74, 6) is -0.159. The highest BCUT2D eigenvalue weighted by molar-refractivity contribution is 5.82. The van der Waals surface area contributed by atoms with Crippen LogP contribution in [-0.2, 0) is 14.3 Å². The van der Waals surface area contributed by atoms with Crippen molar-refractivity contribution >= 4 is 5.97 Å².